The van der Waals surface area contributed by atoms with E-state index in [4.69, 9.17) is 14.0 Å². The molecule has 0 fully saturated rings. The lowest BCUT2D eigenvalue weighted by atomic mass is 10.1. The second-order valence-corrected chi connectivity index (χ2v) is 8.91. The van der Waals surface area contributed by atoms with E-state index in [-0.39, 0.29) is 18.2 Å². The Hall–Kier alpha value is -3.72. The molecule has 8 nitrogen and oxygen atoms in total. The number of aryl methyl sites for hydroxylation is 1. The fraction of sp³-hybridized carbons (Fsp3) is 0.280. The highest BCUT2D eigenvalue weighted by molar-refractivity contribution is 7.13. The number of aromatic nitrogens is 3. The lowest BCUT2D eigenvalue weighted by molar-refractivity contribution is -0.115. The molecule has 0 radical (unpaired) electrons. The van der Waals surface area contributed by atoms with E-state index < -0.39 is 0 Å². The van der Waals surface area contributed by atoms with Crippen molar-refractivity contribution in [3.8, 4) is 33.5 Å². The molecule has 176 valence electrons. The number of carbonyl (C=O) groups excluding carboxylic acids is 1. The van der Waals surface area contributed by atoms with Crippen LogP contribution in [0.3, 0.4) is 0 Å². The first-order chi connectivity index (χ1) is 16.4. The third kappa shape index (κ3) is 4.94. The monoisotopic (exact) mass is 478 g/mol. The van der Waals surface area contributed by atoms with Gasteiger partial charge in [0.2, 0.25) is 5.91 Å². The minimum Gasteiger partial charge on any atom is -0.493 e. The highest BCUT2D eigenvalue weighted by Crippen LogP contribution is 2.34. The van der Waals surface area contributed by atoms with Crippen molar-refractivity contribution in [2.75, 3.05) is 19.5 Å². The van der Waals surface area contributed by atoms with Crippen LogP contribution in [-0.4, -0.2) is 35.3 Å². The Kier molecular flexibility index (Phi) is 6.93. The molecule has 34 heavy (non-hydrogen) atoms. The van der Waals surface area contributed by atoms with Crippen molar-refractivity contribution in [3.63, 3.8) is 0 Å². The van der Waals surface area contributed by atoms with Crippen molar-refractivity contribution >= 4 is 22.9 Å². The quantitative estimate of drug-likeness (QED) is 0.357. The van der Waals surface area contributed by atoms with Gasteiger partial charge in [-0.1, -0.05) is 31.1 Å². The van der Waals surface area contributed by atoms with Gasteiger partial charge in [0.15, 0.2) is 17.3 Å². The van der Waals surface area contributed by atoms with Crippen molar-refractivity contribution in [3.05, 3.63) is 58.9 Å². The van der Waals surface area contributed by atoms with Gasteiger partial charge in [-0.3, -0.25) is 4.79 Å². The van der Waals surface area contributed by atoms with Crippen LogP contribution in [-0.2, 0) is 11.2 Å². The van der Waals surface area contributed by atoms with Gasteiger partial charge in [-0.15, -0.1) is 11.3 Å². The molecular formula is C25H26N4O4S. The van der Waals surface area contributed by atoms with Crippen LogP contribution < -0.4 is 14.8 Å². The summed E-state index contributed by atoms with van der Waals surface area (Å²) in [5.41, 5.74) is 3.83. The first-order valence-corrected chi connectivity index (χ1v) is 11.7. The molecule has 0 atom stereocenters. The van der Waals surface area contributed by atoms with Gasteiger partial charge in [-0.25, -0.2) is 4.98 Å². The van der Waals surface area contributed by atoms with Crippen LogP contribution >= 0.6 is 11.3 Å². The molecule has 0 aliphatic heterocycles. The van der Waals surface area contributed by atoms with E-state index in [1.165, 1.54) is 11.3 Å². The number of rotatable bonds is 8. The van der Waals surface area contributed by atoms with Gasteiger partial charge in [0.25, 0.3) is 5.89 Å². The van der Waals surface area contributed by atoms with Crippen LogP contribution in [0.1, 0.15) is 36.8 Å². The van der Waals surface area contributed by atoms with Gasteiger partial charge >= 0.3 is 0 Å². The molecular weight excluding hydrogens is 452 g/mol. The first-order valence-electron chi connectivity index (χ1n) is 10.8. The van der Waals surface area contributed by atoms with E-state index >= 15 is 0 Å². The van der Waals surface area contributed by atoms with Crippen molar-refractivity contribution < 1.29 is 18.8 Å². The van der Waals surface area contributed by atoms with E-state index in [1.807, 2.05) is 62.5 Å². The van der Waals surface area contributed by atoms with Crippen molar-refractivity contribution in [2.45, 2.75) is 33.1 Å². The Labute approximate surface area is 202 Å². The zero-order valence-corrected chi connectivity index (χ0v) is 20.5. The smallest absolute Gasteiger partial charge is 0.260 e. The summed E-state index contributed by atoms with van der Waals surface area (Å²) in [6.45, 7) is 5.92. The van der Waals surface area contributed by atoms with Crippen LogP contribution in [0.2, 0.25) is 0 Å². The molecule has 1 amide bonds. The third-order valence-corrected chi connectivity index (χ3v) is 6.19. The lowest BCUT2D eigenvalue weighted by Crippen LogP contribution is -2.16. The molecule has 0 saturated carbocycles. The Balaban J connectivity index is 1.52. The number of carbonyl (C=O) groups is 1. The topological polar surface area (TPSA) is 99.4 Å². The Morgan fingerprint density at radius 2 is 1.91 bits per heavy atom. The van der Waals surface area contributed by atoms with Crippen molar-refractivity contribution in [2.24, 2.45) is 0 Å². The first kappa shape index (κ1) is 23.4. The summed E-state index contributed by atoms with van der Waals surface area (Å²) in [7, 11) is 3.19. The van der Waals surface area contributed by atoms with Crippen LogP contribution in [0.5, 0.6) is 11.5 Å². The summed E-state index contributed by atoms with van der Waals surface area (Å²) in [4.78, 5) is 22.0. The van der Waals surface area contributed by atoms with Gasteiger partial charge in [0, 0.05) is 16.9 Å². The summed E-state index contributed by atoms with van der Waals surface area (Å²) in [6.07, 6.45) is 0.138. The van der Waals surface area contributed by atoms with Crippen molar-refractivity contribution in [1.29, 1.82) is 0 Å². The highest BCUT2D eigenvalue weighted by Gasteiger charge is 2.18. The van der Waals surface area contributed by atoms with Crippen LogP contribution in [0.25, 0.3) is 22.0 Å². The zero-order chi connectivity index (χ0) is 24.2. The third-order valence-electron chi connectivity index (χ3n) is 5.25. The Morgan fingerprint density at radius 1 is 1.12 bits per heavy atom. The summed E-state index contributed by atoms with van der Waals surface area (Å²) < 4.78 is 16.1. The Morgan fingerprint density at radius 3 is 2.62 bits per heavy atom. The summed E-state index contributed by atoms with van der Waals surface area (Å²) in [5, 5.41) is 9.73. The molecule has 0 spiro atoms. The number of methoxy groups -OCH3 is 2. The Bertz CT molecular complexity index is 1310. The molecule has 2 aromatic heterocycles. The molecule has 1 N–H and O–H groups in total. The van der Waals surface area contributed by atoms with E-state index in [1.54, 1.807) is 14.2 Å². The number of anilines is 1. The number of para-hydroxylation sites is 1. The van der Waals surface area contributed by atoms with E-state index in [0.29, 0.717) is 40.2 Å². The van der Waals surface area contributed by atoms with Gasteiger partial charge in [-0.2, -0.15) is 4.98 Å². The molecule has 0 aliphatic carbocycles. The maximum Gasteiger partial charge on any atom is 0.260 e. The average Bonchev–Trinajstić information content (AvgIpc) is 3.50. The van der Waals surface area contributed by atoms with Crippen LogP contribution in [0.4, 0.5) is 5.69 Å². The largest absolute Gasteiger partial charge is 0.493 e. The van der Waals surface area contributed by atoms with Crippen LogP contribution in [0, 0.1) is 6.92 Å². The molecule has 2 aromatic carbocycles. The zero-order valence-electron chi connectivity index (χ0n) is 19.7. The molecule has 0 saturated heterocycles. The average molecular weight is 479 g/mol. The second kappa shape index (κ2) is 10.0. The molecule has 0 aliphatic rings. The minimum atomic E-state index is -0.177. The van der Waals surface area contributed by atoms with Gasteiger partial charge < -0.3 is 19.3 Å². The number of amides is 1. The van der Waals surface area contributed by atoms with E-state index in [2.05, 4.69) is 20.4 Å². The summed E-state index contributed by atoms with van der Waals surface area (Å²) >= 11 is 1.47. The second-order valence-electron chi connectivity index (χ2n) is 8.05. The fourth-order valence-electron chi connectivity index (χ4n) is 3.43. The van der Waals surface area contributed by atoms with Crippen LogP contribution in [0.15, 0.2) is 46.3 Å². The van der Waals surface area contributed by atoms with E-state index in [9.17, 15) is 4.79 Å². The number of hydrogen-bond donors (Lipinski definition) is 1. The molecule has 4 aromatic rings. The molecule has 2 heterocycles. The van der Waals surface area contributed by atoms with Gasteiger partial charge in [0.05, 0.1) is 37.6 Å². The summed E-state index contributed by atoms with van der Waals surface area (Å²) in [6, 6.07) is 11.3. The maximum absolute atomic E-state index is 12.9. The number of thiazole rings is 1. The molecule has 0 bridgehead atoms. The number of nitrogens with zero attached hydrogens (tertiary/aromatic N) is 3. The number of benzene rings is 2. The predicted molar refractivity (Wildman–Crippen MR) is 132 cm³/mol. The number of hydrogen-bond acceptors (Lipinski definition) is 8. The van der Waals surface area contributed by atoms with E-state index in [0.717, 1.165) is 16.1 Å². The SMILES string of the molecule is COc1ccc(-c2nc(CC(=O)Nc3c(C)cccc3-c3nc(C(C)C)no3)cs2)cc1OC. The normalized spacial score (nSPS) is 11.0. The predicted octanol–water partition coefficient (Wildman–Crippen LogP) is 5.49. The van der Waals surface area contributed by atoms with Gasteiger partial charge in [-0.05, 0) is 36.8 Å². The van der Waals surface area contributed by atoms with Gasteiger partial charge in [0.1, 0.15) is 5.01 Å². The minimum absolute atomic E-state index is 0.138. The number of nitrogens with one attached hydrogen (secondary N) is 1. The number of ether oxygens (including phenoxy) is 2. The molecule has 9 heteroatoms. The summed E-state index contributed by atoms with van der Waals surface area (Å²) in [5.74, 6) is 2.25. The van der Waals surface area contributed by atoms with Crippen molar-refractivity contribution in [1.82, 2.24) is 15.1 Å². The molecule has 0 unspecified atom stereocenters. The molecule has 4 rings (SSSR count). The lowest BCUT2D eigenvalue weighted by Gasteiger charge is -2.11. The standard InChI is InChI=1S/C25H26N4O4S/c1-14(2)23-28-24(33-29-23)18-8-6-7-15(3)22(18)27-21(30)12-17-13-34-25(26-17)16-9-10-19(31-4)20(11-16)32-5/h6-11,13-14H,12H2,1-5H3,(H,27,30). The highest BCUT2D eigenvalue weighted by atomic mass is 32.1. The maximum atomic E-state index is 12.9. The fourth-order valence-corrected chi connectivity index (χ4v) is 4.25.